The van der Waals surface area contributed by atoms with E-state index >= 15 is 0 Å². The number of pyridine rings is 1. The Morgan fingerprint density at radius 2 is 1.83 bits per heavy atom. The molecule has 2 aromatic heterocycles. The molecule has 192 valence electrons. The zero-order valence-electron chi connectivity index (χ0n) is 20.0. The Morgan fingerprint density at radius 3 is 2.64 bits per heavy atom. The van der Waals surface area contributed by atoms with E-state index in [2.05, 4.69) is 39.5 Å². The Kier molecular flexibility index (Phi) is 10.2. The molecule has 2 amide bonds. The summed E-state index contributed by atoms with van der Waals surface area (Å²) in [7, 11) is 0. The lowest BCUT2D eigenvalue weighted by Gasteiger charge is -2.34. The number of hydrogen-bond acceptors (Lipinski definition) is 5. The SMILES string of the molecule is Cl.Cl.O=C(NCCCN1CCN(CCCc2ccccc2)CC1=O)C1=Cc2cnc3cccc(n23)S1. The molecule has 0 aliphatic carbocycles. The lowest BCUT2D eigenvalue weighted by molar-refractivity contribution is -0.136. The molecule has 1 saturated heterocycles. The van der Waals surface area contributed by atoms with Gasteiger partial charge in [-0.1, -0.05) is 48.2 Å². The third-order valence-corrected chi connectivity index (χ3v) is 7.36. The van der Waals surface area contributed by atoms with Crippen LogP contribution in [-0.4, -0.2) is 70.3 Å². The van der Waals surface area contributed by atoms with E-state index in [4.69, 9.17) is 0 Å². The van der Waals surface area contributed by atoms with Crippen molar-refractivity contribution in [3.8, 4) is 0 Å². The van der Waals surface area contributed by atoms with Crippen LogP contribution in [0, 0.1) is 0 Å². The highest BCUT2D eigenvalue weighted by Crippen LogP contribution is 2.34. The largest absolute Gasteiger partial charge is 0.352 e. The van der Waals surface area contributed by atoms with E-state index in [-0.39, 0.29) is 36.6 Å². The molecule has 1 aromatic carbocycles. The normalized spacial score (nSPS) is 15.2. The van der Waals surface area contributed by atoms with Gasteiger partial charge in [-0.15, -0.1) is 24.8 Å². The molecule has 0 saturated carbocycles. The average Bonchev–Trinajstić information content (AvgIpc) is 3.28. The Bertz CT molecular complexity index is 1220. The van der Waals surface area contributed by atoms with E-state index in [1.54, 1.807) is 6.20 Å². The van der Waals surface area contributed by atoms with Gasteiger partial charge in [-0.2, -0.15) is 0 Å². The van der Waals surface area contributed by atoms with E-state index in [0.29, 0.717) is 24.5 Å². The van der Waals surface area contributed by atoms with Gasteiger partial charge in [0.25, 0.3) is 5.91 Å². The molecule has 0 atom stereocenters. The van der Waals surface area contributed by atoms with Gasteiger partial charge >= 0.3 is 0 Å². The predicted octanol–water partition coefficient (Wildman–Crippen LogP) is 3.91. The Labute approximate surface area is 228 Å². The molecule has 7 nitrogen and oxygen atoms in total. The van der Waals surface area contributed by atoms with Crippen LogP contribution in [0.2, 0.25) is 0 Å². The van der Waals surface area contributed by atoms with Gasteiger partial charge in [-0.3, -0.25) is 18.9 Å². The zero-order valence-corrected chi connectivity index (χ0v) is 22.4. The second-order valence-corrected chi connectivity index (χ2v) is 9.77. The predicted molar refractivity (Wildman–Crippen MR) is 149 cm³/mol. The van der Waals surface area contributed by atoms with Crippen LogP contribution in [0.5, 0.6) is 0 Å². The first kappa shape index (κ1) is 28.1. The lowest BCUT2D eigenvalue weighted by Crippen LogP contribution is -2.51. The van der Waals surface area contributed by atoms with Gasteiger partial charge in [0.2, 0.25) is 5.91 Å². The monoisotopic (exact) mass is 547 g/mol. The quantitative estimate of drug-likeness (QED) is 0.411. The number of amides is 2. The highest BCUT2D eigenvalue weighted by molar-refractivity contribution is 8.04. The van der Waals surface area contributed by atoms with Crippen LogP contribution in [0.15, 0.2) is 64.7 Å². The van der Waals surface area contributed by atoms with Crippen LogP contribution < -0.4 is 5.32 Å². The standard InChI is InChI=1S/C26H29N5O2S.2ClH/c32-24-19-29(13-5-9-20-7-2-1-3-8-20)15-16-30(24)14-6-12-27-26(33)22-17-21-18-28-23-10-4-11-25(34-22)31(21)23;;/h1-4,7-8,10-11,17-18H,5-6,9,12-16,19H2,(H,27,33);2*1H. The molecule has 0 radical (unpaired) electrons. The first-order chi connectivity index (χ1) is 16.7. The fourth-order valence-corrected chi connectivity index (χ4v) is 5.50. The third kappa shape index (κ3) is 6.62. The molecule has 0 bridgehead atoms. The summed E-state index contributed by atoms with van der Waals surface area (Å²) in [6.45, 7) is 4.33. The lowest BCUT2D eigenvalue weighted by atomic mass is 10.1. The van der Waals surface area contributed by atoms with Crippen LogP contribution in [0.25, 0.3) is 11.7 Å². The number of aryl methyl sites for hydroxylation is 1. The fourth-order valence-electron chi connectivity index (χ4n) is 4.49. The van der Waals surface area contributed by atoms with Gasteiger partial charge in [0.05, 0.1) is 28.4 Å². The van der Waals surface area contributed by atoms with Crippen molar-refractivity contribution in [2.45, 2.75) is 24.3 Å². The molecule has 1 N–H and O–H groups in total. The Hall–Kier alpha value is -2.52. The summed E-state index contributed by atoms with van der Waals surface area (Å²) in [6, 6.07) is 16.4. The van der Waals surface area contributed by atoms with E-state index in [0.717, 1.165) is 55.3 Å². The number of piperazine rings is 1. The minimum Gasteiger partial charge on any atom is -0.352 e. The summed E-state index contributed by atoms with van der Waals surface area (Å²) < 4.78 is 2.05. The van der Waals surface area contributed by atoms with Crippen LogP contribution >= 0.6 is 36.6 Å². The summed E-state index contributed by atoms with van der Waals surface area (Å²) in [6.07, 6.45) is 6.52. The first-order valence-electron chi connectivity index (χ1n) is 11.9. The van der Waals surface area contributed by atoms with Crippen molar-refractivity contribution in [1.29, 1.82) is 0 Å². The number of thioether (sulfide) groups is 1. The maximum absolute atomic E-state index is 12.7. The van der Waals surface area contributed by atoms with Gasteiger partial charge in [0, 0.05) is 26.2 Å². The summed E-state index contributed by atoms with van der Waals surface area (Å²) in [4.78, 5) is 34.5. The molecule has 2 aliphatic rings. The second-order valence-electron chi connectivity index (χ2n) is 8.71. The van der Waals surface area contributed by atoms with E-state index in [1.165, 1.54) is 17.3 Å². The van der Waals surface area contributed by atoms with Gasteiger partial charge in [-0.25, -0.2) is 4.98 Å². The number of imidazole rings is 1. The molecule has 10 heteroatoms. The zero-order chi connectivity index (χ0) is 23.3. The molecule has 36 heavy (non-hydrogen) atoms. The van der Waals surface area contributed by atoms with Crippen molar-refractivity contribution >= 4 is 60.1 Å². The number of halogens is 2. The van der Waals surface area contributed by atoms with Crippen molar-refractivity contribution in [2.24, 2.45) is 0 Å². The Balaban J connectivity index is 0.00000180. The number of rotatable bonds is 9. The minimum absolute atomic E-state index is 0. The summed E-state index contributed by atoms with van der Waals surface area (Å²) >= 11 is 1.46. The minimum atomic E-state index is -0.0796. The van der Waals surface area contributed by atoms with Gasteiger partial charge in [-0.05, 0) is 49.6 Å². The number of carbonyl (C=O) groups is 2. The van der Waals surface area contributed by atoms with Crippen molar-refractivity contribution in [2.75, 3.05) is 39.3 Å². The topological polar surface area (TPSA) is 70.0 Å². The Morgan fingerprint density at radius 1 is 1.00 bits per heavy atom. The smallest absolute Gasteiger partial charge is 0.258 e. The van der Waals surface area contributed by atoms with Crippen LogP contribution in [0.4, 0.5) is 0 Å². The van der Waals surface area contributed by atoms with Crippen LogP contribution in [0.1, 0.15) is 24.1 Å². The van der Waals surface area contributed by atoms with Gasteiger partial charge < -0.3 is 10.2 Å². The maximum atomic E-state index is 12.7. The first-order valence-corrected chi connectivity index (χ1v) is 12.7. The number of aromatic nitrogens is 2. The fraction of sp³-hybridized carbons (Fsp3) is 0.346. The highest BCUT2D eigenvalue weighted by Gasteiger charge is 2.23. The maximum Gasteiger partial charge on any atom is 0.258 e. The number of benzene rings is 1. The molecule has 2 aliphatic heterocycles. The number of carbonyl (C=O) groups excluding carboxylic acids is 2. The molecule has 5 rings (SSSR count). The van der Waals surface area contributed by atoms with Gasteiger partial charge in [0.15, 0.2) is 0 Å². The number of nitrogens with one attached hydrogen (secondary N) is 1. The van der Waals surface area contributed by atoms with Gasteiger partial charge in [0.1, 0.15) is 5.65 Å². The van der Waals surface area contributed by atoms with E-state index < -0.39 is 0 Å². The molecule has 0 unspecified atom stereocenters. The van der Waals surface area contributed by atoms with Crippen LogP contribution in [0.3, 0.4) is 0 Å². The molecule has 3 aromatic rings. The van der Waals surface area contributed by atoms with Crippen molar-refractivity contribution in [3.05, 3.63) is 70.9 Å². The average molecular weight is 549 g/mol. The molecular formula is C26H31Cl2N5O2S. The molecule has 0 spiro atoms. The van der Waals surface area contributed by atoms with E-state index in [9.17, 15) is 9.59 Å². The summed E-state index contributed by atoms with van der Waals surface area (Å²) in [5.74, 6) is 0.105. The molecule has 4 heterocycles. The molecular weight excluding hydrogens is 517 g/mol. The summed E-state index contributed by atoms with van der Waals surface area (Å²) in [5, 5.41) is 4.00. The number of hydrogen-bond donors (Lipinski definition) is 1. The van der Waals surface area contributed by atoms with Crippen molar-refractivity contribution in [3.63, 3.8) is 0 Å². The number of nitrogens with zero attached hydrogens (tertiary/aromatic N) is 4. The molecule has 1 fully saturated rings. The summed E-state index contributed by atoms with van der Waals surface area (Å²) in [5.41, 5.74) is 3.15. The van der Waals surface area contributed by atoms with Crippen LogP contribution in [-0.2, 0) is 16.0 Å². The second kappa shape index (κ2) is 13.1. The van der Waals surface area contributed by atoms with Crippen molar-refractivity contribution in [1.82, 2.24) is 24.5 Å². The highest BCUT2D eigenvalue weighted by atomic mass is 35.5. The van der Waals surface area contributed by atoms with Crippen molar-refractivity contribution < 1.29 is 9.59 Å². The third-order valence-electron chi connectivity index (χ3n) is 6.31. The van der Waals surface area contributed by atoms with E-state index in [1.807, 2.05) is 39.6 Å².